The summed E-state index contributed by atoms with van der Waals surface area (Å²) in [7, 11) is 0. The molecule has 16 heavy (non-hydrogen) atoms. The second-order valence-corrected chi connectivity index (χ2v) is 5.07. The van der Waals surface area contributed by atoms with Crippen LogP contribution in [0.5, 0.6) is 0 Å². The van der Waals surface area contributed by atoms with Gasteiger partial charge in [-0.15, -0.1) is 0 Å². The number of hydrogen-bond donors (Lipinski definition) is 2. The Morgan fingerprint density at radius 1 is 1.50 bits per heavy atom. The Bertz CT molecular complexity index is 340. The van der Waals surface area contributed by atoms with Crippen LogP contribution in [0.2, 0.25) is 0 Å². The predicted octanol–water partition coefficient (Wildman–Crippen LogP) is 1.12. The van der Waals surface area contributed by atoms with E-state index in [-0.39, 0.29) is 0 Å². The molecular weight excluding hydrogens is 202 g/mol. The summed E-state index contributed by atoms with van der Waals surface area (Å²) in [6.07, 6.45) is 6.31. The van der Waals surface area contributed by atoms with Crippen LogP contribution < -0.4 is 5.32 Å². The largest absolute Gasteiger partial charge is 0.389 e. The summed E-state index contributed by atoms with van der Waals surface area (Å²) >= 11 is 0. The van der Waals surface area contributed by atoms with Crippen LogP contribution in [-0.4, -0.2) is 33.6 Å². The maximum absolute atomic E-state index is 10.4. The van der Waals surface area contributed by atoms with Crippen molar-refractivity contribution in [1.29, 1.82) is 0 Å². The van der Waals surface area contributed by atoms with Crippen molar-refractivity contribution in [3.05, 3.63) is 18.0 Å². The van der Waals surface area contributed by atoms with E-state index in [0.717, 1.165) is 37.9 Å². The fraction of sp³-hybridized carbons (Fsp3) is 0.750. The standard InChI is InChI=1S/C12H21N3O/c1-10(2)15-9-11(8-14-15)7-12(16)3-5-13-6-4-12/h8-10,13,16H,3-7H2,1-2H3. The van der Waals surface area contributed by atoms with Crippen molar-refractivity contribution in [2.24, 2.45) is 0 Å². The van der Waals surface area contributed by atoms with Gasteiger partial charge in [0.25, 0.3) is 0 Å². The fourth-order valence-electron chi connectivity index (χ4n) is 2.20. The van der Waals surface area contributed by atoms with Gasteiger partial charge in [-0.3, -0.25) is 4.68 Å². The summed E-state index contributed by atoms with van der Waals surface area (Å²) in [5.74, 6) is 0. The highest BCUT2D eigenvalue weighted by atomic mass is 16.3. The Hall–Kier alpha value is -0.870. The summed E-state index contributed by atoms with van der Waals surface area (Å²) in [4.78, 5) is 0. The van der Waals surface area contributed by atoms with Crippen molar-refractivity contribution in [2.45, 2.75) is 44.8 Å². The Morgan fingerprint density at radius 3 is 2.75 bits per heavy atom. The van der Waals surface area contributed by atoms with Crippen molar-refractivity contribution >= 4 is 0 Å². The van der Waals surface area contributed by atoms with E-state index in [9.17, 15) is 5.11 Å². The topological polar surface area (TPSA) is 50.1 Å². The maximum Gasteiger partial charge on any atom is 0.0713 e. The van der Waals surface area contributed by atoms with E-state index in [1.165, 1.54) is 0 Å². The van der Waals surface area contributed by atoms with Crippen LogP contribution in [0.1, 0.15) is 38.3 Å². The van der Waals surface area contributed by atoms with Crippen molar-refractivity contribution in [3.8, 4) is 0 Å². The van der Waals surface area contributed by atoms with Gasteiger partial charge in [0, 0.05) is 18.7 Å². The summed E-state index contributed by atoms with van der Waals surface area (Å²) in [5, 5.41) is 18.0. The minimum Gasteiger partial charge on any atom is -0.389 e. The minimum absolute atomic E-state index is 0.386. The van der Waals surface area contributed by atoms with E-state index in [1.54, 1.807) is 0 Å². The molecule has 2 heterocycles. The zero-order valence-electron chi connectivity index (χ0n) is 10.1. The molecular formula is C12H21N3O. The van der Waals surface area contributed by atoms with Gasteiger partial charge in [0.05, 0.1) is 11.8 Å². The van der Waals surface area contributed by atoms with Crippen molar-refractivity contribution in [1.82, 2.24) is 15.1 Å². The lowest BCUT2D eigenvalue weighted by Gasteiger charge is -2.32. The lowest BCUT2D eigenvalue weighted by atomic mass is 9.87. The normalized spacial score (nSPS) is 20.2. The molecule has 1 aromatic heterocycles. The molecule has 4 heteroatoms. The number of rotatable bonds is 3. The number of nitrogens with one attached hydrogen (secondary N) is 1. The smallest absolute Gasteiger partial charge is 0.0713 e. The van der Waals surface area contributed by atoms with Gasteiger partial charge in [0.1, 0.15) is 0 Å². The number of aliphatic hydroxyl groups is 1. The van der Waals surface area contributed by atoms with E-state index < -0.39 is 5.60 Å². The first-order chi connectivity index (χ1) is 7.59. The molecule has 4 nitrogen and oxygen atoms in total. The molecule has 0 saturated carbocycles. The molecule has 1 saturated heterocycles. The molecule has 0 radical (unpaired) electrons. The van der Waals surface area contributed by atoms with Gasteiger partial charge in [-0.05, 0) is 45.3 Å². The zero-order chi connectivity index (χ0) is 11.6. The molecule has 0 atom stereocenters. The van der Waals surface area contributed by atoms with Crippen molar-refractivity contribution in [3.63, 3.8) is 0 Å². The third-order valence-electron chi connectivity index (χ3n) is 3.25. The lowest BCUT2D eigenvalue weighted by molar-refractivity contribution is 0.0108. The third kappa shape index (κ3) is 2.62. The fourth-order valence-corrected chi connectivity index (χ4v) is 2.20. The van der Waals surface area contributed by atoms with Gasteiger partial charge in [0.2, 0.25) is 0 Å². The van der Waals surface area contributed by atoms with Gasteiger partial charge in [-0.25, -0.2) is 0 Å². The number of nitrogens with zero attached hydrogens (tertiary/aromatic N) is 2. The number of hydrogen-bond acceptors (Lipinski definition) is 3. The van der Waals surface area contributed by atoms with Crippen LogP contribution in [0.3, 0.4) is 0 Å². The van der Waals surface area contributed by atoms with Crippen LogP contribution in [0.15, 0.2) is 12.4 Å². The summed E-state index contributed by atoms with van der Waals surface area (Å²) in [5.41, 5.74) is 0.605. The first-order valence-electron chi connectivity index (χ1n) is 6.05. The Labute approximate surface area is 96.7 Å². The van der Waals surface area contributed by atoms with E-state index in [2.05, 4.69) is 24.3 Å². The molecule has 2 rings (SSSR count). The van der Waals surface area contributed by atoms with Gasteiger partial charge in [-0.2, -0.15) is 5.10 Å². The highest BCUT2D eigenvalue weighted by molar-refractivity contribution is 5.09. The maximum atomic E-state index is 10.4. The van der Waals surface area contributed by atoms with Gasteiger partial charge in [-0.1, -0.05) is 0 Å². The van der Waals surface area contributed by atoms with E-state index >= 15 is 0 Å². The van der Waals surface area contributed by atoms with E-state index in [1.807, 2.05) is 17.1 Å². The molecule has 1 aromatic rings. The van der Waals surface area contributed by atoms with Gasteiger partial charge in [0.15, 0.2) is 0 Å². The van der Waals surface area contributed by atoms with Crippen molar-refractivity contribution in [2.75, 3.05) is 13.1 Å². The molecule has 0 spiro atoms. The van der Waals surface area contributed by atoms with Crippen LogP contribution in [0, 0.1) is 0 Å². The number of aromatic nitrogens is 2. The first kappa shape index (κ1) is 11.6. The molecule has 1 aliphatic rings. The second kappa shape index (κ2) is 4.55. The van der Waals surface area contributed by atoms with E-state index in [4.69, 9.17) is 0 Å². The molecule has 1 aliphatic heterocycles. The Morgan fingerprint density at radius 2 is 2.19 bits per heavy atom. The molecule has 0 bridgehead atoms. The van der Waals surface area contributed by atoms with Gasteiger partial charge < -0.3 is 10.4 Å². The third-order valence-corrected chi connectivity index (χ3v) is 3.25. The lowest BCUT2D eigenvalue weighted by Crippen LogP contribution is -2.43. The van der Waals surface area contributed by atoms with Crippen LogP contribution in [0.25, 0.3) is 0 Å². The summed E-state index contributed by atoms with van der Waals surface area (Å²) in [6, 6.07) is 0.386. The molecule has 90 valence electrons. The molecule has 2 N–H and O–H groups in total. The predicted molar refractivity (Wildman–Crippen MR) is 63.4 cm³/mol. The first-order valence-corrected chi connectivity index (χ1v) is 6.05. The number of piperidine rings is 1. The Balaban J connectivity index is 2.02. The molecule has 0 aromatic carbocycles. The Kier molecular flexibility index (Phi) is 3.30. The molecule has 1 fully saturated rings. The average Bonchev–Trinajstić information content (AvgIpc) is 2.66. The van der Waals surface area contributed by atoms with E-state index in [0.29, 0.717) is 6.04 Å². The van der Waals surface area contributed by atoms with Crippen LogP contribution in [0.4, 0.5) is 0 Å². The monoisotopic (exact) mass is 223 g/mol. The van der Waals surface area contributed by atoms with Gasteiger partial charge >= 0.3 is 0 Å². The quantitative estimate of drug-likeness (QED) is 0.807. The molecule has 0 unspecified atom stereocenters. The zero-order valence-corrected chi connectivity index (χ0v) is 10.1. The van der Waals surface area contributed by atoms with Crippen LogP contribution in [-0.2, 0) is 6.42 Å². The SMILES string of the molecule is CC(C)n1cc(CC2(O)CCNCC2)cn1. The highest BCUT2D eigenvalue weighted by Crippen LogP contribution is 2.23. The highest BCUT2D eigenvalue weighted by Gasteiger charge is 2.29. The van der Waals surface area contributed by atoms with Crippen molar-refractivity contribution < 1.29 is 5.11 Å². The second-order valence-electron chi connectivity index (χ2n) is 5.07. The average molecular weight is 223 g/mol. The minimum atomic E-state index is -0.532. The summed E-state index contributed by atoms with van der Waals surface area (Å²) in [6.45, 7) is 6.04. The molecule has 0 amide bonds. The van der Waals surface area contributed by atoms with Crippen LogP contribution >= 0.6 is 0 Å². The molecule has 0 aliphatic carbocycles. The summed E-state index contributed by atoms with van der Waals surface area (Å²) < 4.78 is 1.94.